The fourth-order valence-electron chi connectivity index (χ4n) is 4.51. The number of fused-ring (bicyclic) bond motifs is 2. The van der Waals surface area contributed by atoms with Gasteiger partial charge in [0.05, 0.1) is 25.4 Å². The van der Waals surface area contributed by atoms with Crippen LogP contribution in [0.1, 0.15) is 23.6 Å². The third-order valence-corrected chi connectivity index (χ3v) is 6.12. The highest BCUT2D eigenvalue weighted by Crippen LogP contribution is 2.40. The van der Waals surface area contributed by atoms with Gasteiger partial charge in [-0.3, -0.25) is 9.59 Å². The molecule has 0 radical (unpaired) electrons. The third-order valence-electron chi connectivity index (χ3n) is 6.12. The lowest BCUT2D eigenvalue weighted by molar-refractivity contribution is -0.117. The number of benzene rings is 2. The number of carbonyl (C=O) groups excluding carboxylic acids is 2. The van der Waals surface area contributed by atoms with Crippen LogP contribution >= 0.6 is 0 Å². The van der Waals surface area contributed by atoms with Gasteiger partial charge in [-0.2, -0.15) is 0 Å². The van der Waals surface area contributed by atoms with Gasteiger partial charge in [0.25, 0.3) is 0 Å². The highest BCUT2D eigenvalue weighted by atomic mass is 16.5. The number of Topliss-reactive ketones (excluding diaryl/α,β-unsaturated/α-hetero) is 2. The van der Waals surface area contributed by atoms with Crippen LogP contribution in [0.2, 0.25) is 0 Å². The summed E-state index contributed by atoms with van der Waals surface area (Å²) >= 11 is 0. The van der Waals surface area contributed by atoms with E-state index in [1.54, 1.807) is 12.4 Å². The van der Waals surface area contributed by atoms with E-state index in [-0.39, 0.29) is 22.7 Å². The van der Waals surface area contributed by atoms with Crippen molar-refractivity contribution in [2.45, 2.75) is 6.92 Å². The van der Waals surface area contributed by atoms with E-state index in [1.165, 1.54) is 14.2 Å². The van der Waals surface area contributed by atoms with Crippen molar-refractivity contribution in [1.29, 1.82) is 0 Å². The number of hydrogen-bond acceptors (Lipinski definition) is 4. The minimum Gasteiger partial charge on any atom is -0.492 e. The standard InChI is InChI=1S/C29H24N2O4/c1-16(2)9-10-17-11-12-19-21(15-31-23(19)13-17)25-27(33)28(34-3)24(26(32)29(25)35-4)20-14-30-22-8-6-5-7-18(20)22/h5-15,30-31H,1H2,2-4H3/b10-9+. The molecule has 5 rings (SSSR count). The molecule has 0 spiro atoms. The predicted octanol–water partition coefficient (Wildman–Crippen LogP) is 5.81. The first kappa shape index (κ1) is 22.2. The fourth-order valence-corrected chi connectivity index (χ4v) is 4.51. The van der Waals surface area contributed by atoms with Crippen LogP contribution in [-0.2, 0) is 19.1 Å². The van der Waals surface area contributed by atoms with Crippen molar-refractivity contribution >= 4 is 50.6 Å². The Bertz CT molecular complexity index is 1620. The Morgan fingerprint density at radius 1 is 0.829 bits per heavy atom. The Hall–Kier alpha value is -4.58. The van der Waals surface area contributed by atoms with Gasteiger partial charge >= 0.3 is 0 Å². The molecule has 1 aliphatic rings. The lowest BCUT2D eigenvalue weighted by atomic mass is 9.85. The van der Waals surface area contributed by atoms with Crippen molar-refractivity contribution in [2.24, 2.45) is 0 Å². The van der Waals surface area contributed by atoms with E-state index in [2.05, 4.69) is 16.5 Å². The normalized spacial score (nSPS) is 14.6. The topological polar surface area (TPSA) is 84.2 Å². The number of hydrogen-bond donors (Lipinski definition) is 2. The number of allylic oxidation sites excluding steroid dienone is 4. The van der Waals surface area contributed by atoms with Crippen molar-refractivity contribution in [3.8, 4) is 0 Å². The lowest BCUT2D eigenvalue weighted by Gasteiger charge is -2.22. The van der Waals surface area contributed by atoms with Gasteiger partial charge in [0.15, 0.2) is 11.5 Å². The molecule has 1 aliphatic carbocycles. The molecular weight excluding hydrogens is 440 g/mol. The number of ketones is 2. The van der Waals surface area contributed by atoms with Crippen LogP contribution in [0, 0.1) is 0 Å². The minimum absolute atomic E-state index is 0.00841. The monoisotopic (exact) mass is 464 g/mol. The largest absolute Gasteiger partial charge is 0.492 e. The molecule has 6 nitrogen and oxygen atoms in total. The maximum absolute atomic E-state index is 13.8. The van der Waals surface area contributed by atoms with Gasteiger partial charge in [-0.1, -0.05) is 54.6 Å². The molecule has 2 aromatic heterocycles. The molecule has 35 heavy (non-hydrogen) atoms. The SMILES string of the molecule is C=C(C)/C=C/c1ccc2c(C3=C(OC)C(=O)C(c4c[nH]c5ccccc45)=C(OC)C3=O)c[nH]c2c1. The first-order valence-electron chi connectivity index (χ1n) is 11.1. The van der Waals surface area contributed by atoms with Crippen molar-refractivity contribution in [2.75, 3.05) is 14.2 Å². The van der Waals surface area contributed by atoms with Crippen molar-refractivity contribution < 1.29 is 19.1 Å². The number of nitrogens with one attached hydrogen (secondary N) is 2. The molecule has 0 saturated carbocycles. The summed E-state index contributed by atoms with van der Waals surface area (Å²) in [5, 5.41) is 1.62. The zero-order valence-electron chi connectivity index (χ0n) is 19.7. The molecule has 2 heterocycles. The molecule has 0 aliphatic heterocycles. The van der Waals surface area contributed by atoms with Gasteiger partial charge in [-0.05, 0) is 24.6 Å². The summed E-state index contributed by atoms with van der Waals surface area (Å²) in [6.07, 6.45) is 7.34. The molecule has 0 unspecified atom stereocenters. The second-order valence-electron chi connectivity index (χ2n) is 8.41. The summed E-state index contributed by atoms with van der Waals surface area (Å²) < 4.78 is 11.1. The van der Waals surface area contributed by atoms with Crippen molar-refractivity contribution in [1.82, 2.24) is 9.97 Å². The summed E-state index contributed by atoms with van der Waals surface area (Å²) in [6.45, 7) is 5.81. The molecule has 2 aromatic carbocycles. The maximum atomic E-state index is 13.8. The summed E-state index contributed by atoms with van der Waals surface area (Å²) in [5.74, 6) is -0.829. The molecule has 0 fully saturated rings. The van der Waals surface area contributed by atoms with E-state index in [0.29, 0.717) is 11.1 Å². The maximum Gasteiger partial charge on any atom is 0.232 e. The zero-order chi connectivity index (χ0) is 24.7. The first-order valence-corrected chi connectivity index (χ1v) is 11.1. The van der Waals surface area contributed by atoms with Gasteiger partial charge in [0.2, 0.25) is 11.6 Å². The summed E-state index contributed by atoms with van der Waals surface area (Å²) in [5.41, 5.74) is 5.15. The Morgan fingerprint density at radius 3 is 2.00 bits per heavy atom. The average Bonchev–Trinajstić information content (AvgIpc) is 3.47. The molecule has 2 N–H and O–H groups in total. The number of H-pyrrole nitrogens is 2. The number of aromatic amines is 2. The number of para-hydroxylation sites is 1. The number of methoxy groups -OCH3 is 2. The summed E-state index contributed by atoms with van der Waals surface area (Å²) in [4.78, 5) is 33.9. The van der Waals surface area contributed by atoms with Gasteiger partial charge in [0, 0.05) is 45.3 Å². The lowest BCUT2D eigenvalue weighted by Crippen LogP contribution is -2.24. The van der Waals surface area contributed by atoms with Gasteiger partial charge < -0.3 is 19.4 Å². The van der Waals surface area contributed by atoms with Gasteiger partial charge in [0.1, 0.15) is 0 Å². The van der Waals surface area contributed by atoms with Crippen LogP contribution in [-0.4, -0.2) is 35.8 Å². The molecular formula is C29H24N2O4. The molecule has 174 valence electrons. The van der Waals surface area contributed by atoms with Crippen LogP contribution in [0.3, 0.4) is 0 Å². The van der Waals surface area contributed by atoms with Crippen LogP contribution in [0.5, 0.6) is 0 Å². The smallest absolute Gasteiger partial charge is 0.232 e. The minimum atomic E-state index is -0.406. The van der Waals surface area contributed by atoms with E-state index in [4.69, 9.17) is 9.47 Å². The molecule has 4 aromatic rings. The molecule has 0 atom stereocenters. The quantitative estimate of drug-likeness (QED) is 0.279. The Balaban J connectivity index is 1.66. The Kier molecular flexibility index (Phi) is 5.49. The highest BCUT2D eigenvalue weighted by molar-refractivity contribution is 6.48. The molecule has 6 heteroatoms. The number of aromatic nitrogens is 2. The zero-order valence-corrected chi connectivity index (χ0v) is 19.7. The highest BCUT2D eigenvalue weighted by Gasteiger charge is 2.39. The van der Waals surface area contributed by atoms with E-state index < -0.39 is 11.6 Å². The first-order chi connectivity index (χ1) is 16.9. The van der Waals surface area contributed by atoms with Crippen LogP contribution < -0.4 is 0 Å². The number of carbonyl (C=O) groups is 2. The third kappa shape index (κ3) is 3.60. The van der Waals surface area contributed by atoms with Gasteiger partial charge in [-0.15, -0.1) is 0 Å². The van der Waals surface area contributed by atoms with Crippen LogP contribution in [0.4, 0.5) is 0 Å². The van der Waals surface area contributed by atoms with Crippen LogP contribution in [0.25, 0.3) is 39.0 Å². The van der Waals surface area contributed by atoms with E-state index >= 15 is 0 Å². The second-order valence-corrected chi connectivity index (χ2v) is 8.41. The molecule has 0 amide bonds. The van der Waals surface area contributed by atoms with E-state index in [1.807, 2.05) is 61.5 Å². The van der Waals surface area contributed by atoms with Crippen molar-refractivity contribution in [3.05, 3.63) is 101 Å². The predicted molar refractivity (Wildman–Crippen MR) is 138 cm³/mol. The molecule has 0 bridgehead atoms. The average molecular weight is 465 g/mol. The van der Waals surface area contributed by atoms with Crippen molar-refractivity contribution in [3.63, 3.8) is 0 Å². The van der Waals surface area contributed by atoms with Gasteiger partial charge in [-0.25, -0.2) is 0 Å². The number of rotatable bonds is 6. The van der Waals surface area contributed by atoms with E-state index in [9.17, 15) is 9.59 Å². The second kappa shape index (κ2) is 8.65. The summed E-state index contributed by atoms with van der Waals surface area (Å²) in [7, 11) is 2.81. The Morgan fingerprint density at radius 2 is 1.40 bits per heavy atom. The number of ether oxygens (including phenoxy) is 2. The molecule has 0 saturated heterocycles. The van der Waals surface area contributed by atoms with Crippen LogP contribution in [0.15, 0.2) is 84.6 Å². The van der Waals surface area contributed by atoms with E-state index in [0.717, 1.165) is 32.9 Å². The Labute approximate surface area is 202 Å². The summed E-state index contributed by atoms with van der Waals surface area (Å²) in [6, 6.07) is 13.4. The fraction of sp³-hybridized carbons (Fsp3) is 0.103.